The summed E-state index contributed by atoms with van der Waals surface area (Å²) in [5.74, 6) is -0.817. The average Bonchev–Trinajstić information content (AvgIpc) is 3.13. The van der Waals surface area contributed by atoms with E-state index in [-0.39, 0.29) is 53.7 Å². The van der Waals surface area contributed by atoms with E-state index in [0.717, 1.165) is 36.1 Å². The number of carbonyl (C=O) groups is 1. The Labute approximate surface area is 242 Å². The SMILES string of the molecule is C[C@@H]1CN(c2cccc(-c3ccc4cnc(CNC(=O)c5cc(F)c6c(c5)S(=O)(=O)CCOC6)cc4n3)n2)C[C@H](C)O1. The number of benzene rings is 1. The number of morpholine rings is 1. The number of anilines is 1. The zero-order chi connectivity index (χ0) is 29.4. The maximum absolute atomic E-state index is 14.7. The van der Waals surface area contributed by atoms with Gasteiger partial charge in [0.15, 0.2) is 9.84 Å². The van der Waals surface area contributed by atoms with Crippen molar-refractivity contribution in [1.82, 2.24) is 20.3 Å². The number of fused-ring (bicyclic) bond motifs is 2. The first-order chi connectivity index (χ1) is 20.2. The van der Waals surface area contributed by atoms with E-state index < -0.39 is 21.6 Å². The van der Waals surface area contributed by atoms with Crippen LogP contribution in [0.4, 0.5) is 10.2 Å². The van der Waals surface area contributed by atoms with Crippen LogP contribution in [-0.2, 0) is 32.5 Å². The fourth-order valence-electron chi connectivity index (χ4n) is 5.29. The minimum atomic E-state index is -3.77. The van der Waals surface area contributed by atoms with E-state index in [0.29, 0.717) is 16.9 Å². The lowest BCUT2D eigenvalue weighted by atomic mass is 10.1. The van der Waals surface area contributed by atoms with Crippen LogP contribution in [0.15, 0.2) is 59.6 Å². The van der Waals surface area contributed by atoms with Gasteiger partial charge in [-0.1, -0.05) is 6.07 Å². The van der Waals surface area contributed by atoms with Crippen LogP contribution in [-0.4, -0.2) is 66.9 Å². The molecule has 42 heavy (non-hydrogen) atoms. The smallest absolute Gasteiger partial charge is 0.251 e. The number of hydrogen-bond acceptors (Lipinski definition) is 9. The van der Waals surface area contributed by atoms with Crippen LogP contribution in [0.2, 0.25) is 0 Å². The van der Waals surface area contributed by atoms with Gasteiger partial charge in [-0.2, -0.15) is 0 Å². The standard InChI is InChI=1S/C30H30FN5O5S/c1-18-15-36(16-19(2)41-18)29-5-3-4-25(35-29)26-7-6-20-13-32-22(12-27(20)34-26)14-33-30(37)21-10-24(31)23-17-40-8-9-42(38,39)28(23)11-21/h3-7,10-13,18-19H,8-9,14-17H2,1-2H3,(H,33,37)/t18-,19+. The Bertz CT molecular complexity index is 1770. The highest BCUT2D eigenvalue weighted by atomic mass is 32.2. The molecule has 12 heteroatoms. The fraction of sp³-hybridized carbons (Fsp3) is 0.333. The molecule has 0 spiro atoms. The third-order valence-electron chi connectivity index (χ3n) is 7.30. The highest BCUT2D eigenvalue weighted by Gasteiger charge is 2.27. The molecule has 1 N–H and O–H groups in total. The molecule has 1 aromatic carbocycles. The Morgan fingerprint density at radius 3 is 2.67 bits per heavy atom. The molecule has 3 aromatic heterocycles. The largest absolute Gasteiger partial charge is 0.376 e. The van der Waals surface area contributed by atoms with Crippen LogP contribution < -0.4 is 10.2 Å². The normalized spacial score (nSPS) is 20.1. The molecule has 0 unspecified atom stereocenters. The molecule has 1 saturated heterocycles. The van der Waals surface area contributed by atoms with Crippen LogP contribution in [0.1, 0.15) is 35.5 Å². The highest BCUT2D eigenvalue weighted by molar-refractivity contribution is 7.91. The van der Waals surface area contributed by atoms with Crippen LogP contribution in [0.5, 0.6) is 0 Å². The van der Waals surface area contributed by atoms with Gasteiger partial charge >= 0.3 is 0 Å². The van der Waals surface area contributed by atoms with E-state index in [9.17, 15) is 17.6 Å². The number of carbonyl (C=O) groups excluding carboxylic acids is 1. The van der Waals surface area contributed by atoms with Crippen molar-refractivity contribution < 1.29 is 27.1 Å². The van der Waals surface area contributed by atoms with Gasteiger partial charge in [0, 0.05) is 35.8 Å². The van der Waals surface area contributed by atoms with Gasteiger partial charge in [-0.3, -0.25) is 9.78 Å². The Kier molecular flexibility index (Phi) is 7.60. The quantitative estimate of drug-likeness (QED) is 0.370. The minimum Gasteiger partial charge on any atom is -0.376 e. The number of nitrogens with one attached hydrogen (secondary N) is 1. The van der Waals surface area contributed by atoms with Crippen LogP contribution >= 0.6 is 0 Å². The average molecular weight is 592 g/mol. The first-order valence-corrected chi connectivity index (χ1v) is 15.4. The first kappa shape index (κ1) is 28.1. The number of aromatic nitrogens is 3. The molecule has 2 atom stereocenters. The molecule has 2 aliphatic rings. The summed E-state index contributed by atoms with van der Waals surface area (Å²) < 4.78 is 50.9. The van der Waals surface area contributed by atoms with Crippen molar-refractivity contribution in [3.05, 3.63) is 77.4 Å². The Morgan fingerprint density at radius 2 is 1.86 bits per heavy atom. The summed E-state index contributed by atoms with van der Waals surface area (Å²) in [6.45, 7) is 5.47. The zero-order valence-corrected chi connectivity index (χ0v) is 24.0. The summed E-state index contributed by atoms with van der Waals surface area (Å²) in [6.07, 6.45) is 1.90. The number of sulfone groups is 1. The third kappa shape index (κ3) is 5.83. The Hall–Kier alpha value is -4.00. The maximum atomic E-state index is 14.7. The van der Waals surface area contributed by atoms with Gasteiger partial charge in [0.05, 0.1) is 65.2 Å². The van der Waals surface area contributed by atoms with E-state index in [1.807, 2.05) is 30.3 Å². The number of ether oxygens (including phenoxy) is 2. The summed E-state index contributed by atoms with van der Waals surface area (Å²) in [5, 5.41) is 3.52. The second-order valence-corrected chi connectivity index (χ2v) is 12.7. The van der Waals surface area contributed by atoms with Gasteiger partial charge in [0.25, 0.3) is 5.91 Å². The van der Waals surface area contributed by atoms with E-state index in [1.165, 1.54) is 6.07 Å². The van der Waals surface area contributed by atoms with Gasteiger partial charge in [0.2, 0.25) is 0 Å². The summed E-state index contributed by atoms with van der Waals surface area (Å²) in [4.78, 5) is 29.0. The van der Waals surface area contributed by atoms with E-state index in [1.54, 1.807) is 12.3 Å². The minimum absolute atomic E-state index is 0.0324. The molecule has 0 bridgehead atoms. The number of amides is 1. The molecule has 1 amide bonds. The molecule has 0 saturated carbocycles. The van der Waals surface area contributed by atoms with E-state index in [4.69, 9.17) is 19.4 Å². The predicted molar refractivity (Wildman–Crippen MR) is 154 cm³/mol. The predicted octanol–water partition coefficient (Wildman–Crippen LogP) is 3.68. The summed E-state index contributed by atoms with van der Waals surface area (Å²) >= 11 is 0. The second-order valence-electron chi connectivity index (χ2n) is 10.6. The lowest BCUT2D eigenvalue weighted by Crippen LogP contribution is -2.45. The van der Waals surface area contributed by atoms with Crippen molar-refractivity contribution in [3.63, 3.8) is 0 Å². The van der Waals surface area contributed by atoms with Gasteiger partial charge < -0.3 is 19.7 Å². The fourth-order valence-corrected chi connectivity index (χ4v) is 6.69. The summed E-state index contributed by atoms with van der Waals surface area (Å²) in [5.41, 5.74) is 2.50. The van der Waals surface area contributed by atoms with Gasteiger partial charge in [-0.05, 0) is 56.3 Å². The lowest BCUT2D eigenvalue weighted by molar-refractivity contribution is -0.00545. The van der Waals surface area contributed by atoms with Crippen LogP contribution in [0.3, 0.4) is 0 Å². The highest BCUT2D eigenvalue weighted by Crippen LogP contribution is 2.27. The number of halogens is 1. The topological polar surface area (TPSA) is 124 Å². The van der Waals surface area contributed by atoms with Crippen molar-refractivity contribution in [2.75, 3.05) is 30.3 Å². The zero-order valence-electron chi connectivity index (χ0n) is 23.2. The molecule has 6 rings (SSSR count). The molecule has 5 heterocycles. The molecule has 1 fully saturated rings. The Balaban J connectivity index is 1.21. The van der Waals surface area contributed by atoms with Crippen molar-refractivity contribution in [2.24, 2.45) is 0 Å². The van der Waals surface area contributed by atoms with Crippen LogP contribution in [0, 0.1) is 5.82 Å². The molecule has 4 aromatic rings. The van der Waals surface area contributed by atoms with E-state index in [2.05, 4.69) is 29.0 Å². The summed E-state index contributed by atoms with van der Waals surface area (Å²) in [6, 6.07) is 13.7. The molecular formula is C30H30FN5O5S. The molecule has 10 nitrogen and oxygen atoms in total. The number of hydrogen-bond donors (Lipinski definition) is 1. The first-order valence-electron chi connectivity index (χ1n) is 13.7. The van der Waals surface area contributed by atoms with Crippen LogP contribution in [0.25, 0.3) is 22.3 Å². The number of pyridine rings is 3. The van der Waals surface area contributed by atoms with Crippen molar-refractivity contribution in [1.29, 1.82) is 0 Å². The van der Waals surface area contributed by atoms with Crippen molar-refractivity contribution >= 4 is 32.5 Å². The monoisotopic (exact) mass is 591 g/mol. The van der Waals surface area contributed by atoms with Gasteiger partial charge in [0.1, 0.15) is 11.6 Å². The lowest BCUT2D eigenvalue weighted by Gasteiger charge is -2.36. The molecule has 0 radical (unpaired) electrons. The second kappa shape index (κ2) is 11.3. The Morgan fingerprint density at radius 1 is 1.07 bits per heavy atom. The number of rotatable bonds is 5. The number of nitrogens with zero attached hydrogens (tertiary/aromatic N) is 4. The maximum Gasteiger partial charge on any atom is 0.251 e. The third-order valence-corrected chi connectivity index (χ3v) is 9.03. The van der Waals surface area contributed by atoms with Crippen molar-refractivity contribution in [3.8, 4) is 11.4 Å². The van der Waals surface area contributed by atoms with E-state index >= 15 is 0 Å². The molecule has 218 valence electrons. The van der Waals surface area contributed by atoms with Crippen molar-refractivity contribution in [2.45, 2.75) is 44.1 Å². The molecule has 2 aliphatic heterocycles. The van der Waals surface area contributed by atoms with Gasteiger partial charge in [-0.15, -0.1) is 0 Å². The molecular weight excluding hydrogens is 561 g/mol. The van der Waals surface area contributed by atoms with Gasteiger partial charge in [-0.25, -0.2) is 22.8 Å². The summed E-state index contributed by atoms with van der Waals surface area (Å²) in [7, 11) is -3.77. The molecule has 0 aliphatic carbocycles.